The van der Waals surface area contributed by atoms with Crippen molar-refractivity contribution in [3.8, 4) is 11.4 Å². The van der Waals surface area contributed by atoms with Crippen molar-refractivity contribution in [3.05, 3.63) is 28.2 Å². The summed E-state index contributed by atoms with van der Waals surface area (Å²) in [7, 11) is 1.38. The molecule has 0 aliphatic rings. The van der Waals surface area contributed by atoms with Crippen molar-refractivity contribution in [3.63, 3.8) is 0 Å². The van der Waals surface area contributed by atoms with Crippen LogP contribution >= 0.6 is 33.9 Å². The van der Waals surface area contributed by atoms with Crippen LogP contribution in [0.25, 0.3) is 11.4 Å². The van der Waals surface area contributed by atoms with Gasteiger partial charge in [0.2, 0.25) is 0 Å². The topological polar surface area (TPSA) is 64.8 Å². The third-order valence-electron chi connectivity index (χ3n) is 2.52. The number of halogens is 3. The van der Waals surface area contributed by atoms with Crippen LogP contribution in [0.15, 0.2) is 23.4 Å². The Balaban J connectivity index is 2.72. The van der Waals surface area contributed by atoms with E-state index < -0.39 is 9.05 Å². The van der Waals surface area contributed by atoms with Gasteiger partial charge in [-0.3, -0.25) is 4.57 Å². The summed E-state index contributed by atoms with van der Waals surface area (Å²) in [6, 6.07) is 4.62. The van der Waals surface area contributed by atoms with E-state index in [2.05, 4.69) is 10.2 Å². The number of nitrogens with zero attached hydrogens (tertiary/aromatic N) is 3. The van der Waals surface area contributed by atoms with E-state index in [-0.39, 0.29) is 11.2 Å². The maximum Gasteiger partial charge on any atom is 0.296 e. The van der Waals surface area contributed by atoms with Gasteiger partial charge in [-0.2, -0.15) is 0 Å². The molecule has 0 N–H and O–H groups in total. The van der Waals surface area contributed by atoms with Crippen molar-refractivity contribution >= 4 is 42.9 Å². The fourth-order valence-electron chi connectivity index (χ4n) is 1.79. The highest BCUT2D eigenvalue weighted by atomic mass is 35.7. The molecule has 108 valence electrons. The molecular formula is C11H10Cl3N3O2S. The van der Waals surface area contributed by atoms with Crippen LogP contribution < -0.4 is 0 Å². The smallest absolute Gasteiger partial charge is 0.294 e. The van der Waals surface area contributed by atoms with Gasteiger partial charge >= 0.3 is 0 Å². The molecule has 0 saturated heterocycles. The lowest BCUT2D eigenvalue weighted by Gasteiger charge is -2.12. The zero-order valence-electron chi connectivity index (χ0n) is 10.5. The van der Waals surface area contributed by atoms with E-state index in [0.717, 1.165) is 0 Å². The number of rotatable bonds is 3. The van der Waals surface area contributed by atoms with Gasteiger partial charge in [-0.25, -0.2) is 8.42 Å². The lowest BCUT2D eigenvalue weighted by Crippen LogP contribution is -2.10. The molecule has 0 amide bonds. The lowest BCUT2D eigenvalue weighted by atomic mass is 10.2. The van der Waals surface area contributed by atoms with Crippen LogP contribution in [0, 0.1) is 0 Å². The van der Waals surface area contributed by atoms with Gasteiger partial charge in [0.1, 0.15) is 0 Å². The summed E-state index contributed by atoms with van der Waals surface area (Å²) in [5.41, 5.74) is 0.565. The number of hydrogen-bond acceptors (Lipinski definition) is 4. The quantitative estimate of drug-likeness (QED) is 0.787. The zero-order chi connectivity index (χ0) is 15.1. The fourth-order valence-corrected chi connectivity index (χ4v) is 3.30. The number of benzene rings is 1. The van der Waals surface area contributed by atoms with E-state index in [9.17, 15) is 8.42 Å². The predicted molar refractivity (Wildman–Crippen MR) is 78.9 cm³/mol. The predicted octanol–water partition coefficient (Wildman–Crippen LogP) is 3.76. The van der Waals surface area contributed by atoms with Crippen molar-refractivity contribution in [2.75, 3.05) is 0 Å². The van der Waals surface area contributed by atoms with Crippen molar-refractivity contribution in [1.82, 2.24) is 14.8 Å². The average molecular weight is 355 g/mol. The molecule has 0 saturated carbocycles. The summed E-state index contributed by atoms with van der Waals surface area (Å²) in [5, 5.41) is 8.07. The Morgan fingerprint density at radius 3 is 2.10 bits per heavy atom. The second kappa shape index (κ2) is 5.52. The van der Waals surface area contributed by atoms with E-state index in [1.54, 1.807) is 32.0 Å². The van der Waals surface area contributed by atoms with Gasteiger partial charge in [0.15, 0.2) is 5.82 Å². The Bertz CT molecular complexity index is 736. The molecule has 1 aromatic carbocycles. The first-order chi connectivity index (χ1) is 9.20. The summed E-state index contributed by atoms with van der Waals surface area (Å²) in [4.78, 5) is 0. The van der Waals surface area contributed by atoms with Crippen LogP contribution in [0.1, 0.15) is 19.9 Å². The molecule has 9 heteroatoms. The fraction of sp³-hybridized carbons (Fsp3) is 0.273. The van der Waals surface area contributed by atoms with Crippen LogP contribution in [0.3, 0.4) is 0 Å². The molecule has 1 heterocycles. The minimum absolute atomic E-state index is 0.207. The Morgan fingerprint density at radius 2 is 1.65 bits per heavy atom. The van der Waals surface area contributed by atoms with Crippen LogP contribution in [-0.4, -0.2) is 23.2 Å². The Labute approximate surface area is 130 Å². The van der Waals surface area contributed by atoms with Crippen LogP contribution in [-0.2, 0) is 9.05 Å². The van der Waals surface area contributed by atoms with Crippen molar-refractivity contribution < 1.29 is 8.42 Å². The molecule has 2 rings (SSSR count). The molecule has 20 heavy (non-hydrogen) atoms. The zero-order valence-corrected chi connectivity index (χ0v) is 13.6. The van der Waals surface area contributed by atoms with Crippen molar-refractivity contribution in [1.29, 1.82) is 0 Å². The van der Waals surface area contributed by atoms with Crippen molar-refractivity contribution in [2.45, 2.75) is 25.0 Å². The van der Waals surface area contributed by atoms with Gasteiger partial charge in [-0.1, -0.05) is 23.2 Å². The highest BCUT2D eigenvalue weighted by Crippen LogP contribution is 2.30. The van der Waals surface area contributed by atoms with Crippen LogP contribution in [0.5, 0.6) is 0 Å². The van der Waals surface area contributed by atoms with E-state index in [1.807, 2.05) is 0 Å². The maximum absolute atomic E-state index is 11.5. The first kappa shape index (κ1) is 15.6. The maximum atomic E-state index is 11.5. The molecule has 5 nitrogen and oxygen atoms in total. The summed E-state index contributed by atoms with van der Waals surface area (Å²) in [5.74, 6) is 0.337. The van der Waals surface area contributed by atoms with Crippen LogP contribution in [0.4, 0.5) is 0 Å². The molecule has 0 bridgehead atoms. The van der Waals surface area contributed by atoms with Crippen molar-refractivity contribution in [2.24, 2.45) is 0 Å². The van der Waals surface area contributed by atoms with Gasteiger partial charge in [-0.15, -0.1) is 10.2 Å². The molecule has 0 radical (unpaired) electrons. The summed E-state index contributed by atoms with van der Waals surface area (Å²) in [6.45, 7) is 3.59. The normalized spacial score (nSPS) is 12.1. The Morgan fingerprint density at radius 1 is 1.10 bits per heavy atom. The molecule has 2 aromatic rings. The highest BCUT2D eigenvalue weighted by molar-refractivity contribution is 8.13. The average Bonchev–Trinajstić information content (AvgIpc) is 2.71. The van der Waals surface area contributed by atoms with Gasteiger partial charge in [0, 0.05) is 32.3 Å². The summed E-state index contributed by atoms with van der Waals surface area (Å²) < 4.78 is 24.5. The number of aromatic nitrogens is 3. The molecular weight excluding hydrogens is 345 g/mol. The summed E-state index contributed by atoms with van der Waals surface area (Å²) >= 11 is 11.9. The third kappa shape index (κ3) is 3.09. The monoisotopic (exact) mass is 353 g/mol. The highest BCUT2D eigenvalue weighted by Gasteiger charge is 2.25. The molecule has 1 aromatic heterocycles. The third-order valence-corrected chi connectivity index (χ3v) is 4.08. The van der Waals surface area contributed by atoms with E-state index in [0.29, 0.717) is 21.4 Å². The largest absolute Gasteiger partial charge is 0.296 e. The van der Waals surface area contributed by atoms with E-state index in [4.69, 9.17) is 33.9 Å². The SMILES string of the molecule is CC(C)n1c(-c2cc(Cl)cc(Cl)c2)nnc1S(=O)(=O)Cl. The lowest BCUT2D eigenvalue weighted by molar-refractivity contribution is 0.530. The Kier molecular flexibility index (Phi) is 4.30. The van der Waals surface area contributed by atoms with Crippen LogP contribution in [0.2, 0.25) is 10.0 Å². The van der Waals surface area contributed by atoms with Gasteiger partial charge in [0.05, 0.1) is 0 Å². The molecule has 0 unspecified atom stereocenters. The second-order valence-corrected chi connectivity index (χ2v) is 7.70. The van der Waals surface area contributed by atoms with Gasteiger partial charge in [-0.05, 0) is 32.0 Å². The van der Waals surface area contributed by atoms with Gasteiger partial charge < -0.3 is 0 Å². The van der Waals surface area contributed by atoms with Gasteiger partial charge in [0.25, 0.3) is 14.2 Å². The summed E-state index contributed by atoms with van der Waals surface area (Å²) in [6.07, 6.45) is 0. The molecule has 0 spiro atoms. The van der Waals surface area contributed by atoms with E-state index >= 15 is 0 Å². The molecule has 0 aliphatic heterocycles. The first-order valence-electron chi connectivity index (χ1n) is 5.56. The molecule has 0 fully saturated rings. The standard InChI is InChI=1S/C11H10Cl3N3O2S/c1-6(2)17-10(15-16-11(17)20(14,18)19)7-3-8(12)5-9(13)4-7/h3-6H,1-2H3. The molecule has 0 aliphatic carbocycles. The first-order valence-corrected chi connectivity index (χ1v) is 8.62. The molecule has 0 atom stereocenters. The minimum Gasteiger partial charge on any atom is -0.294 e. The number of hydrogen-bond donors (Lipinski definition) is 0. The second-order valence-electron chi connectivity index (χ2n) is 4.37. The Hall–Kier alpha value is -0.820. The minimum atomic E-state index is -3.99. The van der Waals surface area contributed by atoms with E-state index in [1.165, 1.54) is 4.57 Å².